The summed E-state index contributed by atoms with van der Waals surface area (Å²) >= 11 is 0. The highest BCUT2D eigenvalue weighted by atomic mass is 32.2. The number of hydrogen-bond acceptors (Lipinski definition) is 4. The van der Waals surface area contributed by atoms with Crippen molar-refractivity contribution in [2.24, 2.45) is 5.92 Å². The van der Waals surface area contributed by atoms with Gasteiger partial charge in [0.05, 0.1) is 0 Å². The predicted octanol–water partition coefficient (Wildman–Crippen LogP) is 1.54. The van der Waals surface area contributed by atoms with Crippen LogP contribution in [0.2, 0.25) is 0 Å². The molecule has 0 saturated heterocycles. The molecule has 0 atom stereocenters. The lowest BCUT2D eigenvalue weighted by atomic mass is 10.4. The summed E-state index contributed by atoms with van der Waals surface area (Å²) in [4.78, 5) is 10.7. The first-order chi connectivity index (χ1) is 8.98. The van der Waals surface area contributed by atoms with Crippen LogP contribution in [0.15, 0.2) is 21.6 Å². The molecule has 2 aliphatic rings. The lowest BCUT2D eigenvalue weighted by Gasteiger charge is -2.19. The van der Waals surface area contributed by atoms with Crippen molar-refractivity contribution in [1.29, 1.82) is 0 Å². The van der Waals surface area contributed by atoms with Crippen LogP contribution in [0.5, 0.6) is 0 Å². The monoisotopic (exact) mass is 285 g/mol. The molecule has 6 nitrogen and oxygen atoms in total. The van der Waals surface area contributed by atoms with Gasteiger partial charge < -0.3 is 9.52 Å². The molecule has 2 saturated carbocycles. The number of aromatic carboxylic acids is 1. The standard InChI is InChI=1S/C12H15NO5S/c14-12(15)10-5-6-11(18-10)19(16,17)13(9-3-4-9)7-8-1-2-8/h5-6,8-9H,1-4,7H2,(H,14,15). The zero-order chi connectivity index (χ0) is 13.6. The highest BCUT2D eigenvalue weighted by Gasteiger charge is 2.42. The van der Waals surface area contributed by atoms with Crippen LogP contribution in [0.3, 0.4) is 0 Å². The number of nitrogens with zero attached hydrogens (tertiary/aromatic N) is 1. The summed E-state index contributed by atoms with van der Waals surface area (Å²) in [5.74, 6) is -1.16. The predicted molar refractivity (Wildman–Crippen MR) is 65.3 cm³/mol. The van der Waals surface area contributed by atoms with E-state index in [2.05, 4.69) is 0 Å². The lowest BCUT2D eigenvalue weighted by molar-refractivity contribution is 0.0656. The van der Waals surface area contributed by atoms with Crippen LogP contribution in [-0.2, 0) is 10.0 Å². The molecule has 7 heteroatoms. The topological polar surface area (TPSA) is 87.8 Å². The fraction of sp³-hybridized carbons (Fsp3) is 0.583. The van der Waals surface area contributed by atoms with E-state index in [-0.39, 0.29) is 16.9 Å². The van der Waals surface area contributed by atoms with Gasteiger partial charge in [-0.3, -0.25) is 0 Å². The molecule has 3 rings (SSSR count). The maximum Gasteiger partial charge on any atom is 0.371 e. The maximum absolute atomic E-state index is 12.5. The van der Waals surface area contributed by atoms with Gasteiger partial charge in [0.1, 0.15) is 0 Å². The lowest BCUT2D eigenvalue weighted by Crippen LogP contribution is -2.34. The average molecular weight is 285 g/mol. The first-order valence-electron chi connectivity index (χ1n) is 6.33. The van der Waals surface area contributed by atoms with Crippen LogP contribution in [0.25, 0.3) is 0 Å². The molecule has 104 valence electrons. The second kappa shape index (κ2) is 4.35. The van der Waals surface area contributed by atoms with Gasteiger partial charge in [0.15, 0.2) is 0 Å². The number of carboxylic acid groups (broad SMARTS) is 1. The van der Waals surface area contributed by atoms with Crippen molar-refractivity contribution in [3.05, 3.63) is 17.9 Å². The van der Waals surface area contributed by atoms with E-state index in [1.807, 2.05) is 0 Å². The van der Waals surface area contributed by atoms with Crippen molar-refractivity contribution in [3.8, 4) is 0 Å². The van der Waals surface area contributed by atoms with Gasteiger partial charge in [-0.25, -0.2) is 13.2 Å². The fourth-order valence-electron chi connectivity index (χ4n) is 2.05. The zero-order valence-electron chi connectivity index (χ0n) is 10.3. The molecule has 1 aromatic rings. The summed E-state index contributed by atoms with van der Waals surface area (Å²) in [6.45, 7) is 0.524. The minimum Gasteiger partial charge on any atom is -0.475 e. The quantitative estimate of drug-likeness (QED) is 0.856. The molecule has 0 aliphatic heterocycles. The fourth-order valence-corrected chi connectivity index (χ4v) is 3.73. The number of carbonyl (C=O) groups is 1. The molecule has 2 fully saturated rings. The minimum absolute atomic E-state index is 0.0592. The summed E-state index contributed by atoms with van der Waals surface area (Å²) in [7, 11) is -3.70. The number of carboxylic acids is 1. The van der Waals surface area contributed by atoms with Gasteiger partial charge in [0, 0.05) is 12.6 Å². The molecule has 0 radical (unpaired) electrons. The van der Waals surface area contributed by atoms with Crippen LogP contribution in [0.1, 0.15) is 36.2 Å². The number of rotatable bonds is 6. The largest absolute Gasteiger partial charge is 0.475 e. The van der Waals surface area contributed by atoms with Gasteiger partial charge in [-0.1, -0.05) is 0 Å². The first kappa shape index (κ1) is 12.7. The Kier molecular flexibility index (Phi) is 2.90. The van der Waals surface area contributed by atoms with Crippen LogP contribution in [-0.4, -0.2) is 36.4 Å². The van der Waals surface area contributed by atoms with Crippen molar-refractivity contribution in [2.75, 3.05) is 6.54 Å². The highest BCUT2D eigenvalue weighted by Crippen LogP contribution is 2.38. The zero-order valence-corrected chi connectivity index (χ0v) is 11.1. The Balaban J connectivity index is 1.87. The third-order valence-electron chi connectivity index (χ3n) is 3.44. The molecule has 1 aromatic heterocycles. The molecule has 0 amide bonds. The molecule has 0 aromatic carbocycles. The number of sulfonamides is 1. The normalized spacial score (nSPS) is 19.8. The van der Waals surface area contributed by atoms with E-state index in [9.17, 15) is 13.2 Å². The van der Waals surface area contributed by atoms with Gasteiger partial charge in [0.2, 0.25) is 10.9 Å². The summed E-state index contributed by atoms with van der Waals surface area (Å²) in [6.07, 6.45) is 3.88. The third-order valence-corrected chi connectivity index (χ3v) is 5.24. The molecule has 0 bridgehead atoms. The maximum atomic E-state index is 12.5. The van der Waals surface area contributed by atoms with Crippen molar-refractivity contribution in [3.63, 3.8) is 0 Å². The van der Waals surface area contributed by atoms with Crippen molar-refractivity contribution in [1.82, 2.24) is 4.31 Å². The molecule has 0 spiro atoms. The Labute approximate surface area is 111 Å². The van der Waals surface area contributed by atoms with Gasteiger partial charge in [-0.15, -0.1) is 0 Å². The van der Waals surface area contributed by atoms with Gasteiger partial charge in [0.25, 0.3) is 10.0 Å². The van der Waals surface area contributed by atoms with Crippen molar-refractivity contribution in [2.45, 2.75) is 36.8 Å². The van der Waals surface area contributed by atoms with E-state index < -0.39 is 16.0 Å². The molecule has 19 heavy (non-hydrogen) atoms. The van der Waals surface area contributed by atoms with Crippen molar-refractivity contribution < 1.29 is 22.7 Å². The highest BCUT2D eigenvalue weighted by molar-refractivity contribution is 7.89. The Morgan fingerprint density at radius 1 is 1.32 bits per heavy atom. The summed E-state index contributed by atoms with van der Waals surface area (Å²) in [5, 5.41) is 8.51. The first-order valence-corrected chi connectivity index (χ1v) is 7.77. The molecule has 2 aliphatic carbocycles. The summed E-state index contributed by atoms with van der Waals surface area (Å²) in [6, 6.07) is 2.46. The van der Waals surface area contributed by atoms with E-state index in [1.165, 1.54) is 16.4 Å². The molecule has 1 heterocycles. The van der Waals surface area contributed by atoms with E-state index in [4.69, 9.17) is 9.52 Å². The van der Waals surface area contributed by atoms with Gasteiger partial charge >= 0.3 is 5.97 Å². The van der Waals surface area contributed by atoms with E-state index in [1.54, 1.807) is 0 Å². The SMILES string of the molecule is O=C(O)c1ccc(S(=O)(=O)N(CC2CC2)C2CC2)o1. The Morgan fingerprint density at radius 3 is 2.47 bits per heavy atom. The van der Waals surface area contributed by atoms with E-state index >= 15 is 0 Å². The van der Waals surface area contributed by atoms with Crippen LogP contribution >= 0.6 is 0 Å². The number of hydrogen-bond donors (Lipinski definition) is 1. The molecular formula is C12H15NO5S. The third kappa shape index (κ3) is 2.52. The second-order valence-corrected chi connectivity index (χ2v) is 6.99. The van der Waals surface area contributed by atoms with E-state index in [0.29, 0.717) is 12.5 Å². The molecule has 0 unspecified atom stereocenters. The Morgan fingerprint density at radius 2 is 2.00 bits per heavy atom. The van der Waals surface area contributed by atoms with Crippen molar-refractivity contribution >= 4 is 16.0 Å². The van der Waals surface area contributed by atoms with E-state index in [0.717, 1.165) is 25.7 Å². The van der Waals surface area contributed by atoms with Gasteiger partial charge in [-0.2, -0.15) is 4.31 Å². The van der Waals surface area contributed by atoms with Crippen LogP contribution in [0.4, 0.5) is 0 Å². The molecule has 1 N–H and O–H groups in total. The molecular weight excluding hydrogens is 270 g/mol. The summed E-state index contributed by atoms with van der Waals surface area (Å²) in [5.41, 5.74) is 0. The summed E-state index contributed by atoms with van der Waals surface area (Å²) < 4.78 is 31.3. The average Bonchev–Trinajstić information content (AvgIpc) is 3.24. The Bertz CT molecular complexity index is 597. The minimum atomic E-state index is -3.70. The van der Waals surface area contributed by atoms with Crippen LogP contribution in [0, 0.1) is 5.92 Å². The van der Waals surface area contributed by atoms with Crippen LogP contribution < -0.4 is 0 Å². The number of furan rings is 1. The van der Waals surface area contributed by atoms with Gasteiger partial charge in [-0.05, 0) is 43.7 Å². The smallest absolute Gasteiger partial charge is 0.371 e. The second-order valence-electron chi connectivity index (χ2n) is 5.17. The Hall–Kier alpha value is -1.34.